The summed E-state index contributed by atoms with van der Waals surface area (Å²) in [5, 5.41) is 10.5. The molecule has 7 rings (SSSR count). The molecule has 13 nitrogen and oxygen atoms in total. The number of carbonyl (C=O) groups excluding carboxylic acids is 6. The molecule has 0 aliphatic heterocycles. The highest BCUT2D eigenvalue weighted by Crippen LogP contribution is 2.59. The summed E-state index contributed by atoms with van der Waals surface area (Å²) in [5.41, 5.74) is 0.618. The minimum atomic E-state index is -0.570. The van der Waals surface area contributed by atoms with Crippen LogP contribution in [0.2, 0.25) is 0 Å². The zero-order valence-corrected chi connectivity index (χ0v) is 55.5. The topological polar surface area (TPSA) is 178 Å². The van der Waals surface area contributed by atoms with E-state index in [1.807, 2.05) is 34.6 Å². The predicted octanol–water partition coefficient (Wildman–Crippen LogP) is 16.8. The third kappa shape index (κ3) is 23.5. The van der Waals surface area contributed by atoms with Gasteiger partial charge in [-0.2, -0.15) is 0 Å². The van der Waals surface area contributed by atoms with Crippen LogP contribution in [0.3, 0.4) is 0 Å². The van der Waals surface area contributed by atoms with Crippen LogP contribution in [0.5, 0.6) is 0 Å². The van der Waals surface area contributed by atoms with Gasteiger partial charge in [-0.1, -0.05) is 109 Å². The first-order valence-corrected chi connectivity index (χ1v) is 31.3. The standard InChI is InChI=1S/C14H20O3.C12H20O2.C12H22O2.C11H18O2.C11H20O2.C10H16O2/c1-9(2)12(15)17-14-6-10-3-11(7-14)5-13(16,4-10)8-14;1-9(2)11(13)14-12(10(3)4)7-5-6-8-12;1-8(2)11(13)14-12(7,9(3)4)10(5)6;1-4-11(7-5-6-8-11)13-10(12)9(2)3;1-6-11(7-2,8-3)13-10(12)9(4)5;1-8(2)9(11)12-10(3)6-4-5-7-10/h10-11,16H,1,3-8H2,2H3;10H,1,5-8H2,2-4H3;9-10H,1H2,2-7H3;2,4-8H2,1,3H3;4,6-8H2,1-3,5H3;1,4-7H2,2-3H3. The normalized spacial score (nSPS) is 22.8. The van der Waals surface area contributed by atoms with Gasteiger partial charge in [0.2, 0.25) is 0 Å². The first-order valence-electron chi connectivity index (χ1n) is 31.3. The second-order valence-electron chi connectivity index (χ2n) is 27.0. The molecule has 0 amide bonds. The minimum absolute atomic E-state index is 0.171. The van der Waals surface area contributed by atoms with Crippen LogP contribution in [0.1, 0.15) is 266 Å². The molecular weight excluding hydrogens is 1050 g/mol. The smallest absolute Gasteiger partial charge is 0.333 e. The lowest BCUT2D eigenvalue weighted by atomic mass is 9.52. The van der Waals surface area contributed by atoms with Crippen LogP contribution in [0.25, 0.3) is 0 Å². The Hall–Kier alpha value is -4.78. The molecule has 7 aliphatic carbocycles. The van der Waals surface area contributed by atoms with Crippen molar-refractivity contribution in [2.24, 2.45) is 29.6 Å². The molecule has 2 unspecified atom stereocenters. The molecule has 1 N–H and O–H groups in total. The molecule has 7 saturated carbocycles. The van der Waals surface area contributed by atoms with Crippen molar-refractivity contribution in [3.05, 3.63) is 72.9 Å². The van der Waals surface area contributed by atoms with Gasteiger partial charge in [-0.25, -0.2) is 28.8 Å². The van der Waals surface area contributed by atoms with E-state index in [-0.39, 0.29) is 58.2 Å². The zero-order valence-electron chi connectivity index (χ0n) is 55.5. The second kappa shape index (κ2) is 33.2. The van der Waals surface area contributed by atoms with Gasteiger partial charge >= 0.3 is 35.8 Å². The van der Waals surface area contributed by atoms with Crippen LogP contribution in [0.15, 0.2) is 72.9 Å². The predicted molar refractivity (Wildman–Crippen MR) is 334 cm³/mol. The van der Waals surface area contributed by atoms with Crippen LogP contribution in [-0.4, -0.2) is 80.1 Å². The zero-order chi connectivity index (χ0) is 64.1. The number of aliphatic hydroxyl groups is 1. The molecule has 0 aromatic carbocycles. The molecule has 474 valence electrons. The Balaban J connectivity index is 0.000000500. The molecule has 0 spiro atoms. The Morgan fingerprint density at radius 1 is 0.494 bits per heavy atom. The molecule has 0 saturated heterocycles. The summed E-state index contributed by atoms with van der Waals surface area (Å²) in [5.74, 6) is 0.489. The highest BCUT2D eigenvalue weighted by atomic mass is 16.6. The molecule has 0 aromatic rings. The van der Waals surface area contributed by atoms with Crippen molar-refractivity contribution >= 4 is 35.8 Å². The fraction of sp³-hybridized carbons (Fsp3) is 0.743. The summed E-state index contributed by atoms with van der Waals surface area (Å²) in [6, 6.07) is 0. The molecule has 4 bridgehead atoms. The summed E-state index contributed by atoms with van der Waals surface area (Å²) >= 11 is 0. The van der Waals surface area contributed by atoms with Crippen LogP contribution >= 0.6 is 0 Å². The number of rotatable bonds is 19. The van der Waals surface area contributed by atoms with E-state index >= 15 is 0 Å². The van der Waals surface area contributed by atoms with E-state index in [0.29, 0.717) is 69.4 Å². The van der Waals surface area contributed by atoms with Gasteiger partial charge in [-0.05, 0) is 220 Å². The van der Waals surface area contributed by atoms with E-state index in [2.05, 4.69) is 87.9 Å². The van der Waals surface area contributed by atoms with Crippen molar-refractivity contribution in [1.82, 2.24) is 0 Å². The average Bonchev–Trinajstić information content (AvgIpc) is 4.23. The number of hydrogen-bond donors (Lipinski definition) is 1. The fourth-order valence-electron chi connectivity index (χ4n) is 12.4. The first-order chi connectivity index (χ1) is 38.2. The van der Waals surface area contributed by atoms with Gasteiger partial charge in [0.15, 0.2) is 0 Å². The van der Waals surface area contributed by atoms with Crippen LogP contribution in [0, 0.1) is 29.6 Å². The van der Waals surface area contributed by atoms with Crippen molar-refractivity contribution in [2.75, 3.05) is 0 Å². The Morgan fingerprint density at radius 2 is 0.843 bits per heavy atom. The SMILES string of the molecule is C=C(C)C(=O)OC(C)(C(C)C)C(C)C.C=C(C)C(=O)OC(CC)(CC)CC.C=C(C)C(=O)OC1(C(C)C)CCCC1.C=C(C)C(=O)OC1(C)CCCC1.C=C(C)C(=O)OC1(CC)CCCC1.C=C(C)C(=O)OC12CC3CC(CC(O)(C3)C1)C2. The molecule has 0 aromatic heterocycles. The summed E-state index contributed by atoms with van der Waals surface area (Å²) in [7, 11) is 0. The van der Waals surface area contributed by atoms with Crippen LogP contribution in [0.4, 0.5) is 0 Å². The lowest BCUT2D eigenvalue weighted by Gasteiger charge is -2.59. The van der Waals surface area contributed by atoms with E-state index in [4.69, 9.17) is 28.4 Å². The van der Waals surface area contributed by atoms with Gasteiger partial charge < -0.3 is 33.5 Å². The van der Waals surface area contributed by atoms with Crippen molar-refractivity contribution in [2.45, 2.75) is 305 Å². The van der Waals surface area contributed by atoms with Gasteiger partial charge in [0.25, 0.3) is 0 Å². The van der Waals surface area contributed by atoms with Crippen molar-refractivity contribution in [3.8, 4) is 0 Å². The molecular formula is C70H116O13. The third-order valence-electron chi connectivity index (χ3n) is 18.5. The molecule has 13 heteroatoms. The first kappa shape index (κ1) is 76.2. The molecule has 7 fully saturated rings. The maximum atomic E-state index is 11.7. The lowest BCUT2D eigenvalue weighted by Crippen LogP contribution is -2.60. The maximum Gasteiger partial charge on any atom is 0.333 e. The van der Waals surface area contributed by atoms with Crippen molar-refractivity contribution in [3.63, 3.8) is 0 Å². The summed E-state index contributed by atoms with van der Waals surface area (Å²) in [6.07, 6.45) is 22.1. The minimum Gasteiger partial charge on any atom is -0.456 e. The van der Waals surface area contributed by atoms with Gasteiger partial charge in [-0.3, -0.25) is 0 Å². The van der Waals surface area contributed by atoms with Gasteiger partial charge in [-0.15, -0.1) is 0 Å². The molecule has 0 radical (unpaired) electrons. The number of carbonyl (C=O) groups is 6. The lowest BCUT2D eigenvalue weighted by molar-refractivity contribution is -0.217. The van der Waals surface area contributed by atoms with Gasteiger partial charge in [0, 0.05) is 39.9 Å². The molecule has 0 heterocycles. The Labute approximate surface area is 503 Å². The van der Waals surface area contributed by atoms with Crippen LogP contribution in [-0.2, 0) is 57.2 Å². The number of hydrogen-bond acceptors (Lipinski definition) is 13. The van der Waals surface area contributed by atoms with E-state index in [9.17, 15) is 33.9 Å². The van der Waals surface area contributed by atoms with E-state index in [1.165, 1.54) is 44.9 Å². The van der Waals surface area contributed by atoms with E-state index in [0.717, 1.165) is 89.9 Å². The van der Waals surface area contributed by atoms with E-state index < -0.39 is 16.8 Å². The summed E-state index contributed by atoms with van der Waals surface area (Å²) in [6.45, 7) is 56.3. The molecule has 83 heavy (non-hydrogen) atoms. The Kier molecular flexibility index (Phi) is 30.5. The average molecular weight is 1170 g/mol. The maximum absolute atomic E-state index is 11.7. The number of esters is 6. The highest BCUT2D eigenvalue weighted by molar-refractivity contribution is 5.89. The number of ether oxygens (including phenoxy) is 6. The van der Waals surface area contributed by atoms with Gasteiger partial charge in [0.1, 0.15) is 33.6 Å². The Bertz CT molecular complexity index is 2150. The quantitative estimate of drug-likeness (QED) is 0.0734. The van der Waals surface area contributed by atoms with Crippen molar-refractivity contribution < 1.29 is 62.3 Å². The van der Waals surface area contributed by atoms with Crippen molar-refractivity contribution in [1.29, 1.82) is 0 Å². The monoisotopic (exact) mass is 1160 g/mol. The van der Waals surface area contributed by atoms with Crippen LogP contribution < -0.4 is 0 Å². The largest absolute Gasteiger partial charge is 0.456 e. The van der Waals surface area contributed by atoms with E-state index in [1.54, 1.807) is 41.5 Å². The third-order valence-corrected chi connectivity index (χ3v) is 18.5. The fourth-order valence-corrected chi connectivity index (χ4v) is 12.4. The highest BCUT2D eigenvalue weighted by Gasteiger charge is 2.59. The summed E-state index contributed by atoms with van der Waals surface area (Å²) < 4.78 is 32.9. The molecule has 7 aliphatic rings. The van der Waals surface area contributed by atoms with Gasteiger partial charge in [0.05, 0.1) is 5.60 Å². The Morgan fingerprint density at radius 3 is 1.19 bits per heavy atom. The second-order valence-corrected chi connectivity index (χ2v) is 27.0. The molecule has 2 atom stereocenters. The summed E-state index contributed by atoms with van der Waals surface area (Å²) in [4.78, 5) is 68.5.